The second-order valence-electron chi connectivity index (χ2n) is 4.82. The maximum atomic E-state index is 3.82. The van der Waals surface area contributed by atoms with Crippen LogP contribution in [0.1, 0.15) is 52.4 Å². The maximum Gasteiger partial charge on any atom is 0.0201 e. The van der Waals surface area contributed by atoms with Crippen LogP contribution in [0.15, 0.2) is 12.7 Å². The highest BCUT2D eigenvalue weighted by molar-refractivity contribution is 7.99. The van der Waals surface area contributed by atoms with Gasteiger partial charge in [-0.05, 0) is 38.4 Å². The van der Waals surface area contributed by atoms with E-state index in [1.54, 1.807) is 0 Å². The van der Waals surface area contributed by atoms with Gasteiger partial charge in [-0.25, -0.2) is 0 Å². The lowest BCUT2D eigenvalue weighted by atomic mass is 9.94. The zero-order valence-corrected chi connectivity index (χ0v) is 11.7. The van der Waals surface area contributed by atoms with Crippen LogP contribution in [0, 0.1) is 0 Å². The van der Waals surface area contributed by atoms with Crippen molar-refractivity contribution in [3.8, 4) is 0 Å². The summed E-state index contributed by atoms with van der Waals surface area (Å²) in [5, 5.41) is 4.67. The van der Waals surface area contributed by atoms with Crippen LogP contribution < -0.4 is 5.32 Å². The van der Waals surface area contributed by atoms with Gasteiger partial charge in [0, 0.05) is 17.3 Å². The SMILES string of the molecule is C=CCCC(C)NC1CCCCC1SCC. The minimum absolute atomic E-state index is 0.640. The summed E-state index contributed by atoms with van der Waals surface area (Å²) in [6.07, 6.45) is 10.00. The zero-order chi connectivity index (χ0) is 11.8. The van der Waals surface area contributed by atoms with Crippen LogP contribution >= 0.6 is 11.8 Å². The molecule has 0 aliphatic heterocycles. The van der Waals surface area contributed by atoms with E-state index in [4.69, 9.17) is 0 Å². The van der Waals surface area contributed by atoms with Gasteiger partial charge >= 0.3 is 0 Å². The van der Waals surface area contributed by atoms with Crippen molar-refractivity contribution in [1.29, 1.82) is 0 Å². The molecule has 16 heavy (non-hydrogen) atoms. The summed E-state index contributed by atoms with van der Waals surface area (Å²) in [6, 6.07) is 1.39. The fourth-order valence-corrected chi connectivity index (χ4v) is 3.73. The fourth-order valence-electron chi connectivity index (χ4n) is 2.52. The van der Waals surface area contributed by atoms with Crippen LogP contribution in [0.2, 0.25) is 0 Å². The van der Waals surface area contributed by atoms with Crippen molar-refractivity contribution >= 4 is 11.8 Å². The van der Waals surface area contributed by atoms with Gasteiger partial charge < -0.3 is 5.32 Å². The van der Waals surface area contributed by atoms with Gasteiger partial charge in [0.1, 0.15) is 0 Å². The Morgan fingerprint density at radius 1 is 1.44 bits per heavy atom. The molecular formula is C14H27NS. The first-order valence-electron chi connectivity index (χ1n) is 6.76. The Balaban J connectivity index is 2.33. The normalized spacial score (nSPS) is 27.6. The topological polar surface area (TPSA) is 12.0 Å². The number of hydrogen-bond donors (Lipinski definition) is 1. The maximum absolute atomic E-state index is 3.82. The van der Waals surface area contributed by atoms with Crippen molar-refractivity contribution in [3.05, 3.63) is 12.7 Å². The van der Waals surface area contributed by atoms with Gasteiger partial charge in [-0.2, -0.15) is 11.8 Å². The highest BCUT2D eigenvalue weighted by Crippen LogP contribution is 2.29. The third-order valence-electron chi connectivity index (χ3n) is 3.39. The first-order valence-corrected chi connectivity index (χ1v) is 7.81. The molecule has 2 heteroatoms. The molecule has 0 aromatic heterocycles. The standard InChI is InChI=1S/C14H27NS/c1-4-6-9-12(3)15-13-10-7-8-11-14(13)16-5-2/h4,12-15H,1,5-11H2,2-3H3. The minimum atomic E-state index is 0.640. The number of thioether (sulfide) groups is 1. The largest absolute Gasteiger partial charge is 0.310 e. The van der Waals surface area contributed by atoms with Crippen molar-refractivity contribution in [2.45, 2.75) is 69.7 Å². The molecular weight excluding hydrogens is 214 g/mol. The first-order chi connectivity index (χ1) is 7.77. The van der Waals surface area contributed by atoms with E-state index in [1.807, 2.05) is 6.08 Å². The van der Waals surface area contributed by atoms with Crippen molar-refractivity contribution in [2.24, 2.45) is 0 Å². The number of rotatable bonds is 7. The second-order valence-corrected chi connectivity index (χ2v) is 6.33. The second kappa shape index (κ2) is 8.19. The minimum Gasteiger partial charge on any atom is -0.310 e. The predicted octanol–water partition coefficient (Wildman–Crippen LogP) is 4.00. The number of allylic oxidation sites excluding steroid dienone is 1. The van der Waals surface area contributed by atoms with Gasteiger partial charge in [0.2, 0.25) is 0 Å². The molecule has 0 aromatic rings. The molecule has 0 heterocycles. The Hall–Kier alpha value is 0.0500. The Bertz CT molecular complexity index is 191. The monoisotopic (exact) mass is 241 g/mol. The van der Waals surface area contributed by atoms with Crippen LogP contribution in [0.5, 0.6) is 0 Å². The van der Waals surface area contributed by atoms with E-state index in [-0.39, 0.29) is 0 Å². The van der Waals surface area contributed by atoms with E-state index in [0.29, 0.717) is 6.04 Å². The molecule has 1 aliphatic rings. The molecule has 1 aliphatic carbocycles. The third kappa shape index (κ3) is 4.92. The molecule has 1 saturated carbocycles. The van der Waals surface area contributed by atoms with Gasteiger partial charge in [-0.1, -0.05) is 25.8 Å². The molecule has 0 amide bonds. The van der Waals surface area contributed by atoms with E-state index >= 15 is 0 Å². The van der Waals surface area contributed by atoms with Gasteiger partial charge in [-0.3, -0.25) is 0 Å². The first kappa shape index (κ1) is 14.1. The molecule has 1 fully saturated rings. The van der Waals surface area contributed by atoms with Gasteiger partial charge in [-0.15, -0.1) is 6.58 Å². The molecule has 3 unspecified atom stereocenters. The van der Waals surface area contributed by atoms with Crippen molar-refractivity contribution < 1.29 is 0 Å². The lowest BCUT2D eigenvalue weighted by Gasteiger charge is -2.34. The molecule has 1 nitrogen and oxygen atoms in total. The van der Waals surface area contributed by atoms with Crippen molar-refractivity contribution in [3.63, 3.8) is 0 Å². The van der Waals surface area contributed by atoms with E-state index in [2.05, 4.69) is 37.5 Å². The Morgan fingerprint density at radius 3 is 2.88 bits per heavy atom. The van der Waals surface area contributed by atoms with Crippen LogP contribution in [0.4, 0.5) is 0 Å². The van der Waals surface area contributed by atoms with Gasteiger partial charge in [0.15, 0.2) is 0 Å². The average Bonchev–Trinajstić information content (AvgIpc) is 2.29. The lowest BCUT2D eigenvalue weighted by Crippen LogP contribution is -2.44. The van der Waals surface area contributed by atoms with Crippen LogP contribution in [0.3, 0.4) is 0 Å². The molecule has 1 rings (SSSR count). The van der Waals surface area contributed by atoms with Crippen molar-refractivity contribution in [1.82, 2.24) is 5.32 Å². The predicted molar refractivity (Wildman–Crippen MR) is 76.2 cm³/mol. The van der Waals surface area contributed by atoms with Gasteiger partial charge in [0.25, 0.3) is 0 Å². The molecule has 0 radical (unpaired) electrons. The van der Waals surface area contributed by atoms with E-state index in [9.17, 15) is 0 Å². The van der Waals surface area contributed by atoms with Crippen LogP contribution in [-0.4, -0.2) is 23.1 Å². The highest BCUT2D eigenvalue weighted by atomic mass is 32.2. The summed E-state index contributed by atoms with van der Waals surface area (Å²) < 4.78 is 0. The summed E-state index contributed by atoms with van der Waals surface area (Å²) in [7, 11) is 0. The van der Waals surface area contributed by atoms with E-state index in [1.165, 1.54) is 37.9 Å². The Morgan fingerprint density at radius 2 is 2.19 bits per heavy atom. The van der Waals surface area contributed by atoms with Gasteiger partial charge in [0.05, 0.1) is 0 Å². The zero-order valence-electron chi connectivity index (χ0n) is 10.9. The lowest BCUT2D eigenvalue weighted by molar-refractivity contribution is 0.346. The van der Waals surface area contributed by atoms with Crippen LogP contribution in [0.25, 0.3) is 0 Å². The summed E-state index contributed by atoms with van der Waals surface area (Å²) in [4.78, 5) is 0. The summed E-state index contributed by atoms with van der Waals surface area (Å²) >= 11 is 2.14. The molecule has 0 aromatic carbocycles. The molecule has 0 bridgehead atoms. The molecule has 0 saturated heterocycles. The summed E-state index contributed by atoms with van der Waals surface area (Å²) in [6.45, 7) is 8.38. The summed E-state index contributed by atoms with van der Waals surface area (Å²) in [5.41, 5.74) is 0. The summed E-state index contributed by atoms with van der Waals surface area (Å²) in [5.74, 6) is 1.25. The number of hydrogen-bond acceptors (Lipinski definition) is 2. The molecule has 1 N–H and O–H groups in total. The van der Waals surface area contributed by atoms with Crippen LogP contribution in [-0.2, 0) is 0 Å². The van der Waals surface area contributed by atoms with Crippen molar-refractivity contribution in [2.75, 3.05) is 5.75 Å². The fraction of sp³-hybridized carbons (Fsp3) is 0.857. The average molecular weight is 241 g/mol. The smallest absolute Gasteiger partial charge is 0.0201 e. The third-order valence-corrected chi connectivity index (χ3v) is 4.71. The number of nitrogens with one attached hydrogen (secondary N) is 1. The molecule has 3 atom stereocenters. The highest BCUT2D eigenvalue weighted by Gasteiger charge is 2.25. The Labute approximate surface area is 105 Å². The van der Waals surface area contributed by atoms with E-state index < -0.39 is 0 Å². The van der Waals surface area contributed by atoms with E-state index in [0.717, 1.165) is 17.7 Å². The quantitative estimate of drug-likeness (QED) is 0.676. The molecule has 0 spiro atoms. The Kier molecular flexibility index (Phi) is 7.22. The molecule has 94 valence electrons.